The average Bonchev–Trinajstić information content (AvgIpc) is 2.86. The predicted octanol–water partition coefficient (Wildman–Crippen LogP) is 4.36. The molecule has 0 bridgehead atoms. The number of benzene rings is 1. The zero-order chi connectivity index (χ0) is 14.8. The molecule has 0 spiro atoms. The van der Waals surface area contributed by atoms with E-state index in [0.29, 0.717) is 40.2 Å². The predicted molar refractivity (Wildman–Crippen MR) is 84.2 cm³/mol. The van der Waals surface area contributed by atoms with Gasteiger partial charge in [0.25, 0.3) is 0 Å². The van der Waals surface area contributed by atoms with Gasteiger partial charge in [-0.3, -0.25) is 4.79 Å². The van der Waals surface area contributed by atoms with Crippen LogP contribution in [-0.2, 0) is 6.42 Å². The molecule has 1 aliphatic rings. The van der Waals surface area contributed by atoms with Gasteiger partial charge in [0.05, 0.1) is 23.1 Å². The highest BCUT2D eigenvalue weighted by Gasteiger charge is 2.20. The number of thiophene rings is 1. The van der Waals surface area contributed by atoms with E-state index in [4.69, 9.17) is 21.1 Å². The zero-order valence-corrected chi connectivity index (χ0v) is 13.2. The first kappa shape index (κ1) is 14.4. The lowest BCUT2D eigenvalue weighted by molar-refractivity contribution is 0.104. The maximum atomic E-state index is 12.6. The molecule has 1 aromatic carbocycles. The van der Waals surface area contributed by atoms with Crippen molar-refractivity contribution in [3.63, 3.8) is 0 Å². The average molecular weight is 323 g/mol. The highest BCUT2D eigenvalue weighted by molar-refractivity contribution is 7.14. The Morgan fingerprint density at radius 3 is 2.62 bits per heavy atom. The van der Waals surface area contributed by atoms with E-state index in [9.17, 15) is 4.79 Å². The molecule has 3 rings (SSSR count). The molecule has 110 valence electrons. The summed E-state index contributed by atoms with van der Waals surface area (Å²) in [6.07, 6.45) is 1.74. The van der Waals surface area contributed by atoms with E-state index in [1.165, 1.54) is 16.2 Å². The Morgan fingerprint density at radius 2 is 1.95 bits per heavy atom. The Labute approximate surface area is 132 Å². The molecule has 5 heteroatoms. The summed E-state index contributed by atoms with van der Waals surface area (Å²) in [4.78, 5) is 14.5. The molecule has 0 amide bonds. The summed E-state index contributed by atoms with van der Waals surface area (Å²) in [5.41, 5.74) is 0.463. The minimum atomic E-state index is -0.0691. The summed E-state index contributed by atoms with van der Waals surface area (Å²) in [5, 5.41) is 0.399. The maximum absolute atomic E-state index is 12.6. The number of hydrogen-bond donors (Lipinski definition) is 0. The Bertz CT molecular complexity index is 678. The van der Waals surface area contributed by atoms with E-state index in [2.05, 4.69) is 6.92 Å². The maximum Gasteiger partial charge on any atom is 0.204 e. The number of rotatable bonds is 3. The smallest absolute Gasteiger partial charge is 0.204 e. The molecule has 2 heterocycles. The molecule has 0 saturated carbocycles. The van der Waals surface area contributed by atoms with Gasteiger partial charge < -0.3 is 9.47 Å². The van der Waals surface area contributed by atoms with Crippen LogP contribution < -0.4 is 9.47 Å². The summed E-state index contributed by atoms with van der Waals surface area (Å²) in [7, 11) is 0. The van der Waals surface area contributed by atoms with Gasteiger partial charge in [-0.15, -0.1) is 11.3 Å². The van der Waals surface area contributed by atoms with Crippen LogP contribution in [0, 0.1) is 0 Å². The van der Waals surface area contributed by atoms with Crippen LogP contribution >= 0.6 is 22.9 Å². The van der Waals surface area contributed by atoms with Crippen LogP contribution in [0.25, 0.3) is 0 Å². The first-order valence-corrected chi connectivity index (χ1v) is 8.11. The molecule has 3 nitrogen and oxygen atoms in total. The summed E-state index contributed by atoms with van der Waals surface area (Å²) in [6.45, 7) is 3.25. The third-order valence-corrected chi connectivity index (χ3v) is 4.86. The molecule has 21 heavy (non-hydrogen) atoms. The highest BCUT2D eigenvalue weighted by atomic mass is 35.5. The van der Waals surface area contributed by atoms with E-state index in [0.717, 1.165) is 12.8 Å². The van der Waals surface area contributed by atoms with Gasteiger partial charge >= 0.3 is 0 Å². The zero-order valence-electron chi connectivity index (χ0n) is 11.6. The van der Waals surface area contributed by atoms with Crippen LogP contribution in [0.1, 0.15) is 33.5 Å². The van der Waals surface area contributed by atoms with E-state index >= 15 is 0 Å². The van der Waals surface area contributed by atoms with Crippen LogP contribution in [0.15, 0.2) is 24.3 Å². The third-order valence-electron chi connectivity index (χ3n) is 3.32. The van der Waals surface area contributed by atoms with Crippen LogP contribution in [0.5, 0.6) is 11.5 Å². The normalized spacial score (nSPS) is 13.8. The van der Waals surface area contributed by atoms with Crippen molar-refractivity contribution in [2.24, 2.45) is 0 Å². The fourth-order valence-corrected chi connectivity index (χ4v) is 3.32. The number of carbonyl (C=O) groups excluding carboxylic acids is 1. The third kappa shape index (κ3) is 2.92. The fraction of sp³-hybridized carbons (Fsp3) is 0.312. The van der Waals surface area contributed by atoms with Crippen molar-refractivity contribution in [3.05, 3.63) is 44.6 Å². The molecule has 0 atom stereocenters. The van der Waals surface area contributed by atoms with Crippen LogP contribution in [0.3, 0.4) is 0 Å². The van der Waals surface area contributed by atoms with Gasteiger partial charge in [-0.25, -0.2) is 0 Å². The summed E-state index contributed by atoms with van der Waals surface area (Å²) < 4.78 is 11.2. The molecule has 2 aromatic rings. The lowest BCUT2D eigenvalue weighted by atomic mass is 10.1. The van der Waals surface area contributed by atoms with Crippen LogP contribution in [0.2, 0.25) is 5.02 Å². The van der Waals surface area contributed by atoms with E-state index < -0.39 is 0 Å². The molecule has 0 saturated heterocycles. The number of halogens is 1. The summed E-state index contributed by atoms with van der Waals surface area (Å²) in [5.74, 6) is 1.13. The molecular weight excluding hydrogens is 308 g/mol. The fourth-order valence-electron chi connectivity index (χ4n) is 2.18. The van der Waals surface area contributed by atoms with E-state index in [1.54, 1.807) is 12.1 Å². The van der Waals surface area contributed by atoms with Crippen molar-refractivity contribution in [2.45, 2.75) is 19.8 Å². The molecule has 0 aliphatic carbocycles. The Hall–Kier alpha value is -1.52. The van der Waals surface area contributed by atoms with Crippen molar-refractivity contribution in [1.29, 1.82) is 0 Å². The second-order valence-electron chi connectivity index (χ2n) is 4.78. The van der Waals surface area contributed by atoms with Crippen molar-refractivity contribution in [1.82, 2.24) is 0 Å². The van der Waals surface area contributed by atoms with Gasteiger partial charge in [-0.1, -0.05) is 18.5 Å². The number of aryl methyl sites for hydroxylation is 1. The molecule has 1 aromatic heterocycles. The molecule has 1 aliphatic heterocycles. The van der Waals surface area contributed by atoms with Gasteiger partial charge in [-0.05, 0) is 24.6 Å². The van der Waals surface area contributed by atoms with E-state index in [-0.39, 0.29) is 5.78 Å². The van der Waals surface area contributed by atoms with Gasteiger partial charge in [-0.2, -0.15) is 0 Å². The van der Waals surface area contributed by atoms with Gasteiger partial charge in [0.15, 0.2) is 11.5 Å². The molecule has 0 fully saturated rings. The second kappa shape index (κ2) is 6.08. The SMILES string of the molecule is CCc1ccc(C(=O)c2cc3c(cc2Cl)OCCCO3)s1. The Morgan fingerprint density at radius 1 is 1.24 bits per heavy atom. The molecule has 0 unspecified atom stereocenters. The van der Waals surface area contributed by atoms with Crippen molar-refractivity contribution < 1.29 is 14.3 Å². The number of carbonyl (C=O) groups is 1. The molecular formula is C16H15ClO3S. The van der Waals surface area contributed by atoms with Crippen molar-refractivity contribution in [3.8, 4) is 11.5 Å². The number of ketones is 1. The van der Waals surface area contributed by atoms with Gasteiger partial charge in [0.2, 0.25) is 5.78 Å². The monoisotopic (exact) mass is 322 g/mol. The molecule has 0 radical (unpaired) electrons. The first-order chi connectivity index (χ1) is 10.2. The van der Waals surface area contributed by atoms with Gasteiger partial charge in [0.1, 0.15) is 0 Å². The van der Waals surface area contributed by atoms with Gasteiger partial charge in [0, 0.05) is 22.9 Å². The first-order valence-electron chi connectivity index (χ1n) is 6.91. The summed E-state index contributed by atoms with van der Waals surface area (Å²) in [6, 6.07) is 7.19. The number of ether oxygens (including phenoxy) is 2. The standard InChI is InChI=1S/C16H15ClO3S/c1-2-10-4-5-15(21-10)16(18)11-8-13-14(9-12(11)17)20-7-3-6-19-13/h4-5,8-9H,2-3,6-7H2,1H3. The van der Waals surface area contributed by atoms with Crippen molar-refractivity contribution >= 4 is 28.7 Å². The number of hydrogen-bond acceptors (Lipinski definition) is 4. The topological polar surface area (TPSA) is 35.5 Å². The highest BCUT2D eigenvalue weighted by Crippen LogP contribution is 2.36. The Kier molecular flexibility index (Phi) is 4.17. The summed E-state index contributed by atoms with van der Waals surface area (Å²) >= 11 is 7.75. The molecule has 0 N–H and O–H groups in total. The number of fused-ring (bicyclic) bond motifs is 1. The van der Waals surface area contributed by atoms with Crippen molar-refractivity contribution in [2.75, 3.05) is 13.2 Å². The minimum absolute atomic E-state index is 0.0691. The lowest BCUT2D eigenvalue weighted by Gasteiger charge is -2.10. The van der Waals surface area contributed by atoms with Crippen LogP contribution in [-0.4, -0.2) is 19.0 Å². The van der Waals surface area contributed by atoms with Crippen LogP contribution in [0.4, 0.5) is 0 Å². The largest absolute Gasteiger partial charge is 0.490 e. The second-order valence-corrected chi connectivity index (χ2v) is 6.35. The Balaban J connectivity index is 1.97. The minimum Gasteiger partial charge on any atom is -0.490 e. The van der Waals surface area contributed by atoms with E-state index in [1.807, 2.05) is 12.1 Å². The lowest BCUT2D eigenvalue weighted by Crippen LogP contribution is -2.02. The quantitative estimate of drug-likeness (QED) is 0.788.